The van der Waals surface area contributed by atoms with Gasteiger partial charge in [0.15, 0.2) is 0 Å². The summed E-state index contributed by atoms with van der Waals surface area (Å²) >= 11 is 0. The van der Waals surface area contributed by atoms with Crippen LogP contribution >= 0.6 is 0 Å². The molecule has 0 radical (unpaired) electrons. The molecule has 0 spiro atoms. The Morgan fingerprint density at radius 1 is 1.18 bits per heavy atom. The minimum absolute atomic E-state index is 0.188. The second kappa shape index (κ2) is 6.46. The molecule has 1 unspecified atom stereocenters. The van der Waals surface area contributed by atoms with E-state index in [0.717, 1.165) is 18.7 Å². The molecule has 1 aromatic carbocycles. The molecule has 0 aromatic heterocycles. The molecule has 1 aliphatic heterocycles. The molecule has 1 aromatic rings. The Kier molecular flexibility index (Phi) is 4.59. The van der Waals surface area contributed by atoms with Gasteiger partial charge in [0.05, 0.1) is 12.7 Å². The van der Waals surface area contributed by atoms with Crippen molar-refractivity contribution in [1.82, 2.24) is 4.90 Å². The van der Waals surface area contributed by atoms with Crippen LogP contribution in [0.5, 0.6) is 5.75 Å². The standard InChI is InChI=1S/C16H20F3NO2/c17-16(18,19)22-14-7-3-4-12(10-14)15-11-20(8-9-21-15)13-5-1-2-6-13/h3-4,7,10,13,15H,1-2,5-6,8-9,11H2. The molecular weight excluding hydrogens is 295 g/mol. The largest absolute Gasteiger partial charge is 0.573 e. The number of alkyl halides is 3. The van der Waals surface area contributed by atoms with Crippen molar-refractivity contribution in [1.29, 1.82) is 0 Å². The van der Waals surface area contributed by atoms with Gasteiger partial charge in [-0.2, -0.15) is 0 Å². The van der Waals surface area contributed by atoms with E-state index in [0.29, 0.717) is 12.6 Å². The van der Waals surface area contributed by atoms with Gasteiger partial charge in [-0.25, -0.2) is 0 Å². The number of hydrogen-bond donors (Lipinski definition) is 0. The SMILES string of the molecule is FC(F)(F)Oc1cccc(C2CN(C3CCCC3)CCO2)c1. The van der Waals surface area contributed by atoms with Crippen molar-refractivity contribution in [3.8, 4) is 5.75 Å². The number of morpholine rings is 1. The maximum atomic E-state index is 12.3. The summed E-state index contributed by atoms with van der Waals surface area (Å²) in [7, 11) is 0. The minimum Gasteiger partial charge on any atom is -0.406 e. The smallest absolute Gasteiger partial charge is 0.406 e. The molecule has 1 aliphatic carbocycles. The van der Waals surface area contributed by atoms with E-state index in [1.807, 2.05) is 0 Å². The van der Waals surface area contributed by atoms with Crippen molar-refractivity contribution >= 4 is 0 Å². The van der Waals surface area contributed by atoms with Crippen LogP contribution in [0, 0.1) is 0 Å². The van der Waals surface area contributed by atoms with Crippen molar-refractivity contribution < 1.29 is 22.6 Å². The number of hydrogen-bond acceptors (Lipinski definition) is 3. The molecule has 0 bridgehead atoms. The lowest BCUT2D eigenvalue weighted by Crippen LogP contribution is -2.43. The minimum atomic E-state index is -4.66. The van der Waals surface area contributed by atoms with E-state index in [1.165, 1.54) is 37.8 Å². The van der Waals surface area contributed by atoms with Gasteiger partial charge in [-0.05, 0) is 30.5 Å². The fourth-order valence-corrected chi connectivity index (χ4v) is 3.38. The van der Waals surface area contributed by atoms with E-state index in [9.17, 15) is 13.2 Å². The molecule has 1 saturated carbocycles. The van der Waals surface area contributed by atoms with Crippen LogP contribution < -0.4 is 4.74 Å². The average Bonchev–Trinajstić information content (AvgIpc) is 3.00. The fraction of sp³-hybridized carbons (Fsp3) is 0.625. The normalized spacial score (nSPS) is 24.6. The third kappa shape index (κ3) is 3.93. The first-order chi connectivity index (χ1) is 10.5. The molecular formula is C16H20F3NO2. The van der Waals surface area contributed by atoms with Crippen LogP contribution in [0.15, 0.2) is 24.3 Å². The zero-order chi connectivity index (χ0) is 15.6. The van der Waals surface area contributed by atoms with Crippen LogP contribution in [0.1, 0.15) is 37.4 Å². The Balaban J connectivity index is 1.68. The van der Waals surface area contributed by atoms with Gasteiger partial charge in [0, 0.05) is 19.1 Å². The summed E-state index contributed by atoms with van der Waals surface area (Å²) < 4.78 is 46.7. The highest BCUT2D eigenvalue weighted by Crippen LogP contribution is 2.31. The van der Waals surface area contributed by atoms with Crippen molar-refractivity contribution in [2.45, 2.75) is 44.2 Å². The van der Waals surface area contributed by atoms with Crippen LogP contribution in [0.3, 0.4) is 0 Å². The summed E-state index contributed by atoms with van der Waals surface area (Å²) in [6, 6.07) is 6.71. The molecule has 2 fully saturated rings. The lowest BCUT2D eigenvalue weighted by Gasteiger charge is -2.37. The zero-order valence-corrected chi connectivity index (χ0v) is 12.3. The molecule has 2 aliphatic rings. The molecule has 1 saturated heterocycles. The maximum Gasteiger partial charge on any atom is 0.573 e. The Hall–Kier alpha value is -1.27. The van der Waals surface area contributed by atoms with Gasteiger partial charge in [0.25, 0.3) is 0 Å². The van der Waals surface area contributed by atoms with E-state index in [4.69, 9.17) is 4.74 Å². The molecule has 0 N–H and O–H groups in total. The number of halogens is 3. The Bertz CT molecular complexity index is 500. The summed E-state index contributed by atoms with van der Waals surface area (Å²) in [5, 5.41) is 0. The van der Waals surface area contributed by atoms with Crippen molar-refractivity contribution in [3.05, 3.63) is 29.8 Å². The van der Waals surface area contributed by atoms with Gasteiger partial charge in [0.1, 0.15) is 5.75 Å². The highest BCUT2D eigenvalue weighted by Gasteiger charge is 2.32. The fourth-order valence-electron chi connectivity index (χ4n) is 3.38. The van der Waals surface area contributed by atoms with Crippen LogP contribution in [0.4, 0.5) is 13.2 Å². The molecule has 122 valence electrons. The van der Waals surface area contributed by atoms with Gasteiger partial charge in [0.2, 0.25) is 0 Å². The first kappa shape index (κ1) is 15.6. The van der Waals surface area contributed by atoms with Gasteiger partial charge in [-0.15, -0.1) is 13.2 Å². The van der Waals surface area contributed by atoms with Gasteiger partial charge >= 0.3 is 6.36 Å². The number of rotatable bonds is 3. The van der Waals surface area contributed by atoms with Crippen LogP contribution in [-0.4, -0.2) is 37.0 Å². The molecule has 3 nitrogen and oxygen atoms in total. The number of ether oxygens (including phenoxy) is 2. The first-order valence-corrected chi connectivity index (χ1v) is 7.73. The molecule has 22 heavy (non-hydrogen) atoms. The molecule has 0 amide bonds. The van der Waals surface area contributed by atoms with Gasteiger partial charge in [-0.1, -0.05) is 25.0 Å². The summed E-state index contributed by atoms with van der Waals surface area (Å²) in [6.07, 6.45) is 0.102. The van der Waals surface area contributed by atoms with Crippen LogP contribution in [0.2, 0.25) is 0 Å². The molecule has 3 rings (SSSR count). The number of benzene rings is 1. The predicted octanol–water partition coefficient (Wildman–Crippen LogP) is 3.90. The topological polar surface area (TPSA) is 21.7 Å². The Morgan fingerprint density at radius 2 is 1.95 bits per heavy atom. The lowest BCUT2D eigenvalue weighted by atomic mass is 10.1. The van der Waals surface area contributed by atoms with Crippen molar-refractivity contribution in [2.75, 3.05) is 19.7 Å². The molecule has 1 heterocycles. The van der Waals surface area contributed by atoms with E-state index in [2.05, 4.69) is 9.64 Å². The monoisotopic (exact) mass is 315 g/mol. The van der Waals surface area contributed by atoms with Crippen molar-refractivity contribution in [2.24, 2.45) is 0 Å². The third-order valence-electron chi connectivity index (χ3n) is 4.40. The van der Waals surface area contributed by atoms with E-state index in [1.54, 1.807) is 12.1 Å². The second-order valence-electron chi connectivity index (χ2n) is 5.91. The second-order valence-corrected chi connectivity index (χ2v) is 5.91. The lowest BCUT2D eigenvalue weighted by molar-refractivity contribution is -0.274. The molecule has 6 heteroatoms. The van der Waals surface area contributed by atoms with E-state index in [-0.39, 0.29) is 11.9 Å². The highest BCUT2D eigenvalue weighted by molar-refractivity contribution is 5.30. The van der Waals surface area contributed by atoms with Crippen molar-refractivity contribution in [3.63, 3.8) is 0 Å². The van der Waals surface area contributed by atoms with Gasteiger partial charge < -0.3 is 9.47 Å². The van der Waals surface area contributed by atoms with Crippen LogP contribution in [-0.2, 0) is 4.74 Å². The van der Waals surface area contributed by atoms with E-state index >= 15 is 0 Å². The Labute approximate surface area is 128 Å². The third-order valence-corrected chi connectivity index (χ3v) is 4.40. The number of nitrogens with zero attached hydrogens (tertiary/aromatic N) is 1. The van der Waals surface area contributed by atoms with E-state index < -0.39 is 6.36 Å². The predicted molar refractivity (Wildman–Crippen MR) is 75.6 cm³/mol. The summed E-state index contributed by atoms with van der Waals surface area (Å²) in [6.45, 7) is 2.26. The average molecular weight is 315 g/mol. The summed E-state index contributed by atoms with van der Waals surface area (Å²) in [5.74, 6) is -0.188. The van der Waals surface area contributed by atoms with Crippen LogP contribution in [0.25, 0.3) is 0 Å². The quantitative estimate of drug-likeness (QED) is 0.844. The maximum absolute atomic E-state index is 12.3. The molecule has 1 atom stereocenters. The summed E-state index contributed by atoms with van der Waals surface area (Å²) in [4.78, 5) is 2.42. The highest BCUT2D eigenvalue weighted by atomic mass is 19.4. The zero-order valence-electron chi connectivity index (χ0n) is 12.3. The first-order valence-electron chi connectivity index (χ1n) is 7.73. The summed E-state index contributed by atoms with van der Waals surface area (Å²) in [5.41, 5.74) is 0.740. The Morgan fingerprint density at radius 3 is 2.68 bits per heavy atom. The van der Waals surface area contributed by atoms with Gasteiger partial charge in [-0.3, -0.25) is 4.90 Å².